The molecule has 2 aromatic carbocycles. The first-order chi connectivity index (χ1) is 10.8. The molecule has 122 valence electrons. The predicted octanol–water partition coefficient (Wildman–Crippen LogP) is 4.47. The number of carbonyl (C=O) groups is 1. The van der Waals surface area contributed by atoms with E-state index in [-0.39, 0.29) is 5.56 Å². The number of aryl methyl sites for hydroxylation is 2. The summed E-state index contributed by atoms with van der Waals surface area (Å²) in [6.07, 6.45) is 0.418. The van der Waals surface area contributed by atoms with E-state index < -0.39 is 40.8 Å². The Balaban J connectivity index is 2.48. The van der Waals surface area contributed by atoms with Crippen molar-refractivity contribution in [3.8, 4) is 5.75 Å². The summed E-state index contributed by atoms with van der Waals surface area (Å²) in [4.78, 5) is 12.1. The molecule has 2 aromatic rings. The standard InChI is InChI=1S/C16H11F5O2/c1-3-8-5-4-7(2)6-9(8)16(22)23-15-13(20)11(18)10(17)12(19)14(15)21/h4-6H,3H2,1-2H3. The summed E-state index contributed by atoms with van der Waals surface area (Å²) in [5, 5.41) is 0. The molecule has 0 amide bonds. The maximum atomic E-state index is 13.5. The quantitative estimate of drug-likeness (QED) is 0.273. The van der Waals surface area contributed by atoms with Gasteiger partial charge in [-0.2, -0.15) is 8.78 Å². The molecule has 2 rings (SSSR count). The minimum atomic E-state index is -2.32. The first kappa shape index (κ1) is 16.9. The third kappa shape index (κ3) is 3.04. The molecule has 0 aliphatic heterocycles. The van der Waals surface area contributed by atoms with Gasteiger partial charge in [-0.15, -0.1) is 0 Å². The molecule has 23 heavy (non-hydrogen) atoms. The van der Waals surface area contributed by atoms with Crippen LogP contribution in [0.3, 0.4) is 0 Å². The largest absolute Gasteiger partial charge is 0.416 e. The second-order valence-electron chi connectivity index (χ2n) is 4.80. The molecule has 0 saturated heterocycles. The van der Waals surface area contributed by atoms with Crippen LogP contribution in [0.5, 0.6) is 5.75 Å². The smallest absolute Gasteiger partial charge is 0.344 e. The van der Waals surface area contributed by atoms with Crippen molar-refractivity contribution < 1.29 is 31.5 Å². The number of ether oxygens (including phenoxy) is 1. The third-order valence-corrected chi connectivity index (χ3v) is 3.23. The van der Waals surface area contributed by atoms with E-state index in [1.165, 1.54) is 6.07 Å². The average molecular weight is 330 g/mol. The normalized spacial score (nSPS) is 10.7. The van der Waals surface area contributed by atoms with Crippen LogP contribution in [-0.2, 0) is 6.42 Å². The van der Waals surface area contributed by atoms with E-state index in [9.17, 15) is 26.7 Å². The van der Waals surface area contributed by atoms with Gasteiger partial charge in [0.25, 0.3) is 0 Å². The molecule has 0 saturated carbocycles. The van der Waals surface area contributed by atoms with Crippen LogP contribution in [0.2, 0.25) is 0 Å². The molecule has 0 bridgehead atoms. The van der Waals surface area contributed by atoms with Crippen LogP contribution in [0.4, 0.5) is 22.0 Å². The number of esters is 1. The van der Waals surface area contributed by atoms with E-state index >= 15 is 0 Å². The molecule has 0 spiro atoms. The molecule has 0 aromatic heterocycles. The summed E-state index contributed by atoms with van der Waals surface area (Å²) >= 11 is 0. The number of carbonyl (C=O) groups excluding carboxylic acids is 1. The molecule has 0 atom stereocenters. The Kier molecular flexibility index (Phi) is 4.68. The molecule has 0 heterocycles. The highest BCUT2D eigenvalue weighted by Gasteiger charge is 2.29. The fraction of sp³-hybridized carbons (Fsp3) is 0.188. The average Bonchev–Trinajstić information content (AvgIpc) is 2.54. The Morgan fingerprint density at radius 2 is 1.48 bits per heavy atom. The van der Waals surface area contributed by atoms with Crippen molar-refractivity contribution in [2.24, 2.45) is 0 Å². The van der Waals surface area contributed by atoms with Gasteiger partial charge in [-0.1, -0.05) is 24.6 Å². The molecular formula is C16H11F5O2. The molecule has 0 unspecified atom stereocenters. The van der Waals surface area contributed by atoms with Gasteiger partial charge in [0.2, 0.25) is 34.8 Å². The second kappa shape index (κ2) is 6.36. The Labute approximate surface area is 128 Å². The van der Waals surface area contributed by atoms with Crippen LogP contribution < -0.4 is 4.74 Å². The highest BCUT2D eigenvalue weighted by Crippen LogP contribution is 2.30. The second-order valence-corrected chi connectivity index (χ2v) is 4.80. The maximum Gasteiger partial charge on any atom is 0.344 e. The predicted molar refractivity (Wildman–Crippen MR) is 71.7 cm³/mol. The minimum absolute atomic E-state index is 0.00330. The van der Waals surface area contributed by atoms with E-state index in [0.29, 0.717) is 17.5 Å². The van der Waals surface area contributed by atoms with E-state index in [1.54, 1.807) is 26.0 Å². The van der Waals surface area contributed by atoms with Crippen LogP contribution in [0.1, 0.15) is 28.4 Å². The highest BCUT2D eigenvalue weighted by molar-refractivity contribution is 5.93. The summed E-state index contributed by atoms with van der Waals surface area (Å²) in [6, 6.07) is 4.74. The Morgan fingerprint density at radius 3 is 2.00 bits per heavy atom. The van der Waals surface area contributed by atoms with Gasteiger partial charge in [-0.3, -0.25) is 0 Å². The Morgan fingerprint density at radius 1 is 0.957 bits per heavy atom. The zero-order chi connectivity index (χ0) is 17.3. The lowest BCUT2D eigenvalue weighted by Crippen LogP contribution is -2.15. The fourth-order valence-electron chi connectivity index (χ4n) is 2.01. The van der Waals surface area contributed by atoms with Gasteiger partial charge in [0, 0.05) is 0 Å². The number of halogens is 5. The van der Waals surface area contributed by atoms with Gasteiger partial charge in [0.15, 0.2) is 0 Å². The molecule has 0 aliphatic rings. The Bertz CT molecular complexity index is 758. The summed E-state index contributed by atoms with van der Waals surface area (Å²) < 4.78 is 70.7. The lowest BCUT2D eigenvalue weighted by molar-refractivity contribution is 0.0714. The highest BCUT2D eigenvalue weighted by atomic mass is 19.2. The lowest BCUT2D eigenvalue weighted by Gasteiger charge is -2.11. The molecule has 0 aliphatic carbocycles. The van der Waals surface area contributed by atoms with Crippen LogP contribution in [-0.4, -0.2) is 5.97 Å². The molecular weight excluding hydrogens is 319 g/mol. The first-order valence-corrected chi connectivity index (χ1v) is 6.61. The van der Waals surface area contributed by atoms with Gasteiger partial charge >= 0.3 is 5.97 Å². The molecule has 7 heteroatoms. The van der Waals surface area contributed by atoms with Crippen molar-refractivity contribution >= 4 is 5.97 Å². The molecule has 0 N–H and O–H groups in total. The van der Waals surface area contributed by atoms with Gasteiger partial charge in [0.05, 0.1) is 5.56 Å². The monoisotopic (exact) mass is 330 g/mol. The van der Waals surface area contributed by atoms with Gasteiger partial charge < -0.3 is 4.74 Å². The first-order valence-electron chi connectivity index (χ1n) is 6.61. The molecule has 0 fully saturated rings. The van der Waals surface area contributed by atoms with Gasteiger partial charge in [-0.25, -0.2) is 18.0 Å². The van der Waals surface area contributed by atoms with E-state index in [2.05, 4.69) is 4.74 Å². The van der Waals surface area contributed by atoms with Crippen LogP contribution in [0.15, 0.2) is 18.2 Å². The van der Waals surface area contributed by atoms with Crippen LogP contribution in [0, 0.1) is 36.0 Å². The molecule has 2 nitrogen and oxygen atoms in total. The Hall–Kier alpha value is -2.44. The van der Waals surface area contributed by atoms with E-state index in [1.807, 2.05) is 0 Å². The van der Waals surface area contributed by atoms with Crippen molar-refractivity contribution in [3.05, 3.63) is 64.0 Å². The van der Waals surface area contributed by atoms with Crippen molar-refractivity contribution in [2.75, 3.05) is 0 Å². The van der Waals surface area contributed by atoms with Crippen molar-refractivity contribution in [2.45, 2.75) is 20.3 Å². The SMILES string of the molecule is CCc1ccc(C)cc1C(=O)Oc1c(F)c(F)c(F)c(F)c1F. The van der Waals surface area contributed by atoms with Crippen LogP contribution >= 0.6 is 0 Å². The summed E-state index contributed by atoms with van der Waals surface area (Å²) in [5.41, 5.74) is 1.19. The molecule has 0 radical (unpaired) electrons. The van der Waals surface area contributed by atoms with Crippen molar-refractivity contribution in [3.63, 3.8) is 0 Å². The van der Waals surface area contributed by atoms with Gasteiger partial charge in [0.1, 0.15) is 0 Å². The lowest BCUT2D eigenvalue weighted by atomic mass is 10.0. The number of hydrogen-bond donors (Lipinski definition) is 0. The number of hydrogen-bond acceptors (Lipinski definition) is 2. The topological polar surface area (TPSA) is 26.3 Å². The van der Waals surface area contributed by atoms with E-state index in [4.69, 9.17) is 0 Å². The number of benzene rings is 2. The van der Waals surface area contributed by atoms with Crippen LogP contribution in [0.25, 0.3) is 0 Å². The van der Waals surface area contributed by atoms with E-state index in [0.717, 1.165) is 0 Å². The summed E-state index contributed by atoms with van der Waals surface area (Å²) in [7, 11) is 0. The third-order valence-electron chi connectivity index (χ3n) is 3.23. The van der Waals surface area contributed by atoms with Crippen molar-refractivity contribution in [1.82, 2.24) is 0 Å². The summed E-state index contributed by atoms with van der Waals surface area (Å²) in [6.45, 7) is 3.41. The van der Waals surface area contributed by atoms with Gasteiger partial charge in [-0.05, 0) is 25.0 Å². The number of rotatable bonds is 3. The van der Waals surface area contributed by atoms with Crippen molar-refractivity contribution in [1.29, 1.82) is 0 Å². The minimum Gasteiger partial charge on any atom is -0.416 e. The summed E-state index contributed by atoms with van der Waals surface area (Å²) in [5.74, 6) is -13.9. The zero-order valence-electron chi connectivity index (χ0n) is 12.1. The fourth-order valence-corrected chi connectivity index (χ4v) is 2.01. The maximum absolute atomic E-state index is 13.5. The zero-order valence-corrected chi connectivity index (χ0v) is 12.1.